The zero-order valence-electron chi connectivity index (χ0n) is 19.7. The molecule has 0 spiro atoms. The molecule has 0 bridgehead atoms. The molecule has 0 aliphatic heterocycles. The number of fused-ring (bicyclic) bond motifs is 1. The van der Waals surface area contributed by atoms with Crippen LogP contribution in [0.5, 0.6) is 0 Å². The van der Waals surface area contributed by atoms with Crippen molar-refractivity contribution in [3.63, 3.8) is 0 Å². The van der Waals surface area contributed by atoms with E-state index in [1.807, 2.05) is 51.1 Å². The van der Waals surface area contributed by atoms with Crippen molar-refractivity contribution in [1.29, 1.82) is 0 Å². The van der Waals surface area contributed by atoms with Gasteiger partial charge in [-0.3, -0.25) is 9.59 Å². The quantitative estimate of drug-likeness (QED) is 0.646. The zero-order valence-corrected chi connectivity index (χ0v) is 19.7. The van der Waals surface area contributed by atoms with E-state index in [0.29, 0.717) is 6.42 Å². The molecular formula is C26H40N2O3. The molecule has 3 rings (SSSR count). The molecule has 2 amide bonds. The van der Waals surface area contributed by atoms with Crippen LogP contribution in [0.1, 0.15) is 65.9 Å². The highest BCUT2D eigenvalue weighted by Crippen LogP contribution is 2.55. The van der Waals surface area contributed by atoms with Crippen LogP contribution in [0.3, 0.4) is 0 Å². The Balaban J connectivity index is 1.69. The van der Waals surface area contributed by atoms with E-state index in [2.05, 4.69) is 24.5 Å². The molecule has 0 saturated heterocycles. The highest BCUT2D eigenvalue weighted by Gasteiger charge is 2.53. The average Bonchev–Trinajstić information content (AvgIpc) is 2.70. The topological polar surface area (TPSA) is 78.4 Å². The second kappa shape index (κ2) is 9.72. The molecule has 0 radical (unpaired) electrons. The third-order valence-electron chi connectivity index (χ3n) is 7.93. The first kappa shape index (κ1) is 23.8. The van der Waals surface area contributed by atoms with Crippen LogP contribution in [0.15, 0.2) is 30.3 Å². The predicted molar refractivity (Wildman–Crippen MR) is 123 cm³/mol. The highest BCUT2D eigenvalue weighted by atomic mass is 16.3. The van der Waals surface area contributed by atoms with E-state index in [4.69, 9.17) is 0 Å². The van der Waals surface area contributed by atoms with Gasteiger partial charge in [0.25, 0.3) is 0 Å². The van der Waals surface area contributed by atoms with Gasteiger partial charge in [0, 0.05) is 18.0 Å². The van der Waals surface area contributed by atoms with Gasteiger partial charge >= 0.3 is 0 Å². The van der Waals surface area contributed by atoms with Gasteiger partial charge in [-0.1, -0.05) is 51.1 Å². The maximum atomic E-state index is 12.7. The number of hydrogen-bond donors (Lipinski definition) is 3. The number of nitrogens with one attached hydrogen (secondary N) is 2. The van der Waals surface area contributed by atoms with Crippen LogP contribution in [0.4, 0.5) is 0 Å². The van der Waals surface area contributed by atoms with E-state index in [0.717, 1.165) is 31.2 Å². The molecule has 2 aliphatic rings. The second-order valence-corrected chi connectivity index (χ2v) is 10.6. The summed E-state index contributed by atoms with van der Waals surface area (Å²) in [6.07, 6.45) is 3.68. The third kappa shape index (κ3) is 5.31. The third-order valence-corrected chi connectivity index (χ3v) is 7.93. The Labute approximate surface area is 187 Å². The lowest BCUT2D eigenvalue weighted by atomic mass is 9.51. The fourth-order valence-electron chi connectivity index (χ4n) is 6.15. The molecule has 0 unspecified atom stereocenters. The van der Waals surface area contributed by atoms with E-state index in [-0.39, 0.29) is 53.0 Å². The fraction of sp³-hybridized carbons (Fsp3) is 0.692. The molecule has 2 fully saturated rings. The Morgan fingerprint density at radius 1 is 1.13 bits per heavy atom. The summed E-state index contributed by atoms with van der Waals surface area (Å²) >= 11 is 0. The molecule has 31 heavy (non-hydrogen) atoms. The van der Waals surface area contributed by atoms with Gasteiger partial charge in [0.2, 0.25) is 11.8 Å². The summed E-state index contributed by atoms with van der Waals surface area (Å²) in [6.45, 7) is 10.3. The minimum absolute atomic E-state index is 0.0267. The summed E-state index contributed by atoms with van der Waals surface area (Å²) < 4.78 is 0. The number of carbonyl (C=O) groups is 2. The molecule has 5 nitrogen and oxygen atoms in total. The Morgan fingerprint density at radius 3 is 2.42 bits per heavy atom. The van der Waals surface area contributed by atoms with Crippen LogP contribution < -0.4 is 10.6 Å². The number of amides is 2. The van der Waals surface area contributed by atoms with E-state index >= 15 is 0 Å². The molecule has 172 valence electrons. The van der Waals surface area contributed by atoms with Gasteiger partial charge in [-0.15, -0.1) is 0 Å². The van der Waals surface area contributed by atoms with Crippen LogP contribution in [-0.4, -0.2) is 35.1 Å². The molecule has 0 heterocycles. The number of aliphatic hydroxyl groups excluding tert-OH is 1. The van der Waals surface area contributed by atoms with Crippen LogP contribution in [0, 0.1) is 29.1 Å². The van der Waals surface area contributed by atoms with Crippen LogP contribution >= 0.6 is 0 Å². The van der Waals surface area contributed by atoms with Crippen molar-refractivity contribution in [2.75, 3.05) is 0 Å². The van der Waals surface area contributed by atoms with Crippen molar-refractivity contribution in [2.24, 2.45) is 29.1 Å². The minimum atomic E-state index is -0.532. The van der Waals surface area contributed by atoms with Crippen LogP contribution in [0.25, 0.3) is 0 Å². The van der Waals surface area contributed by atoms with Crippen molar-refractivity contribution in [1.82, 2.24) is 10.6 Å². The lowest BCUT2D eigenvalue weighted by molar-refractivity contribution is -0.144. The number of hydrogen-bond acceptors (Lipinski definition) is 3. The largest absolute Gasteiger partial charge is 0.392 e. The zero-order chi connectivity index (χ0) is 22.8. The van der Waals surface area contributed by atoms with Crippen molar-refractivity contribution in [3.8, 4) is 0 Å². The Hall–Kier alpha value is -1.88. The van der Waals surface area contributed by atoms with Crippen LogP contribution in [-0.2, 0) is 16.0 Å². The van der Waals surface area contributed by atoms with E-state index in [1.54, 1.807) is 0 Å². The summed E-state index contributed by atoms with van der Waals surface area (Å²) in [6, 6.07) is 9.95. The minimum Gasteiger partial charge on any atom is -0.392 e. The molecule has 2 aliphatic carbocycles. The lowest BCUT2D eigenvalue weighted by Gasteiger charge is -2.56. The second-order valence-electron chi connectivity index (χ2n) is 10.6. The highest BCUT2D eigenvalue weighted by molar-refractivity contribution is 5.79. The smallest absolute Gasteiger partial charge is 0.224 e. The standard InChI is InChI=1S/C26H40N2O3/c1-16(2)27-25(31)17(3)20-11-13-26(5)14-12-21(18(4)23(26)24(20)30)28-22(29)15-19-9-7-6-8-10-19/h6-10,16-18,20-21,23-24,30H,11-15H2,1-5H3,(H,27,31)(H,28,29)/t17-,18+,20-,21-,23+,24-,26-/m0/s1. The Kier molecular flexibility index (Phi) is 7.46. The molecule has 5 heteroatoms. The molecule has 1 aromatic carbocycles. The maximum Gasteiger partial charge on any atom is 0.224 e. The first-order valence-corrected chi connectivity index (χ1v) is 11.9. The van der Waals surface area contributed by atoms with Gasteiger partial charge in [0.1, 0.15) is 0 Å². The monoisotopic (exact) mass is 428 g/mol. The number of rotatable bonds is 6. The lowest BCUT2D eigenvalue weighted by Crippen LogP contribution is -2.58. The van der Waals surface area contributed by atoms with Crippen molar-refractivity contribution in [3.05, 3.63) is 35.9 Å². The van der Waals surface area contributed by atoms with Gasteiger partial charge in [-0.25, -0.2) is 0 Å². The molecule has 3 N–H and O–H groups in total. The van der Waals surface area contributed by atoms with Gasteiger partial charge in [-0.2, -0.15) is 0 Å². The van der Waals surface area contributed by atoms with E-state index < -0.39 is 6.10 Å². The first-order chi connectivity index (χ1) is 14.6. The average molecular weight is 429 g/mol. The first-order valence-electron chi connectivity index (χ1n) is 11.9. The van der Waals surface area contributed by atoms with Crippen molar-refractivity contribution < 1.29 is 14.7 Å². The van der Waals surface area contributed by atoms with E-state index in [9.17, 15) is 14.7 Å². The van der Waals surface area contributed by atoms with Crippen molar-refractivity contribution in [2.45, 2.75) is 84.9 Å². The SMILES string of the molecule is CC(C)NC(=O)[C@@H](C)[C@@H]1CC[C@@]2(C)CC[C@H](NC(=O)Cc3ccccc3)[C@@H](C)[C@@H]2[C@H]1O. The molecule has 0 aromatic heterocycles. The summed E-state index contributed by atoms with van der Waals surface area (Å²) in [5.74, 6) is 0.0465. The van der Waals surface area contributed by atoms with Gasteiger partial charge in [0.05, 0.1) is 12.5 Å². The van der Waals surface area contributed by atoms with Crippen molar-refractivity contribution >= 4 is 11.8 Å². The van der Waals surface area contributed by atoms with Gasteiger partial charge in [-0.05, 0) is 68.3 Å². The number of aliphatic hydroxyl groups is 1. The normalized spacial score (nSPS) is 34.0. The summed E-state index contributed by atoms with van der Waals surface area (Å²) in [5.41, 5.74) is 1.07. The Morgan fingerprint density at radius 2 is 1.77 bits per heavy atom. The fourth-order valence-corrected chi connectivity index (χ4v) is 6.15. The maximum absolute atomic E-state index is 12.7. The van der Waals surface area contributed by atoms with Crippen LogP contribution in [0.2, 0.25) is 0 Å². The summed E-state index contributed by atoms with van der Waals surface area (Å²) in [4.78, 5) is 25.3. The molecule has 1 aromatic rings. The Bertz CT molecular complexity index is 765. The van der Waals surface area contributed by atoms with Gasteiger partial charge < -0.3 is 15.7 Å². The summed E-state index contributed by atoms with van der Waals surface area (Å²) in [5, 5.41) is 17.7. The molecule has 7 atom stereocenters. The van der Waals surface area contributed by atoms with Gasteiger partial charge in [0.15, 0.2) is 0 Å². The predicted octanol–water partition coefficient (Wildman–Crippen LogP) is 3.70. The molecule has 2 saturated carbocycles. The molecular weight excluding hydrogens is 388 g/mol. The summed E-state index contributed by atoms with van der Waals surface area (Å²) in [7, 11) is 0. The number of benzene rings is 1. The number of carbonyl (C=O) groups excluding carboxylic acids is 2. The van der Waals surface area contributed by atoms with E-state index in [1.165, 1.54) is 0 Å².